The van der Waals surface area contributed by atoms with Crippen molar-refractivity contribution in [1.82, 2.24) is 0 Å². The topological polar surface area (TPSA) is 74.6 Å². The van der Waals surface area contributed by atoms with E-state index in [1.165, 1.54) is 0 Å². The zero-order valence-corrected chi connectivity index (χ0v) is 10.1. The molecule has 0 amide bonds. The van der Waals surface area contributed by atoms with Gasteiger partial charge in [-0.3, -0.25) is 9.11 Å². The van der Waals surface area contributed by atoms with E-state index < -0.39 is 10.4 Å². The molecule has 0 heterocycles. The van der Waals surface area contributed by atoms with Crippen LogP contribution in [0.25, 0.3) is 0 Å². The Morgan fingerprint density at radius 2 is 1.29 bits per heavy atom. The van der Waals surface area contributed by atoms with Crippen molar-refractivity contribution in [2.24, 2.45) is 0 Å². The molecule has 0 aromatic heterocycles. The molecule has 0 unspecified atom stereocenters. The second-order valence-corrected chi connectivity index (χ2v) is 1.34. The number of hydrogen-bond donors (Lipinski definition) is 2. The predicted octanol–water partition coefficient (Wildman–Crippen LogP) is -0.0715. The normalized spacial score (nSPS) is 9.29. The standard InChI is InChI=1S/CH3.Hg.H2O4S/c;;1-5(2,3)4/h1H3;;(H2,1,2,3,4). The Morgan fingerprint density at radius 3 is 1.29 bits per heavy atom. The van der Waals surface area contributed by atoms with Gasteiger partial charge in [0, 0.05) is 0 Å². The predicted molar refractivity (Wildman–Crippen MR) is 20.0 cm³/mol. The second kappa shape index (κ2) is 4.95. The molecule has 0 aromatic rings. The summed E-state index contributed by atoms with van der Waals surface area (Å²) in [5.41, 5.74) is 0. The van der Waals surface area contributed by atoms with Gasteiger partial charge >= 0.3 is 41.0 Å². The van der Waals surface area contributed by atoms with Crippen molar-refractivity contribution in [1.29, 1.82) is 0 Å². The van der Waals surface area contributed by atoms with Crippen LogP contribution < -0.4 is 0 Å². The van der Waals surface area contributed by atoms with Crippen molar-refractivity contribution in [3.8, 4) is 0 Å². The van der Waals surface area contributed by atoms with Crippen molar-refractivity contribution in [2.75, 3.05) is 0 Å². The monoisotopic (exact) mass is 315 g/mol. The Morgan fingerprint density at radius 1 is 1.29 bits per heavy atom. The molecular formula is CH5HgO4S. The first-order valence-electron chi connectivity index (χ1n) is 1.41. The molecule has 0 aliphatic heterocycles. The number of hydrogen-bond acceptors (Lipinski definition) is 2. The summed E-state index contributed by atoms with van der Waals surface area (Å²) in [4.78, 5) is 0. The van der Waals surface area contributed by atoms with Crippen molar-refractivity contribution >= 4 is 10.4 Å². The summed E-state index contributed by atoms with van der Waals surface area (Å²) in [5, 5.41) is 0. The van der Waals surface area contributed by atoms with Gasteiger partial charge in [-0.1, -0.05) is 0 Å². The fraction of sp³-hybridized carbons (Fsp3) is 1.00. The molecule has 0 bridgehead atoms. The Bertz CT molecular complexity index is 94.9. The molecule has 0 aliphatic carbocycles. The van der Waals surface area contributed by atoms with Gasteiger partial charge in [-0.15, -0.1) is 0 Å². The summed E-state index contributed by atoms with van der Waals surface area (Å²) in [7, 11) is -4.67. The van der Waals surface area contributed by atoms with Gasteiger partial charge in [0.25, 0.3) is 0 Å². The van der Waals surface area contributed by atoms with Crippen LogP contribution in [0.3, 0.4) is 0 Å². The van der Waals surface area contributed by atoms with E-state index >= 15 is 0 Å². The quantitative estimate of drug-likeness (QED) is 0.485. The van der Waals surface area contributed by atoms with Crippen LogP contribution in [0, 0.1) is 0 Å². The maximum absolute atomic E-state index is 8.74. The molecule has 0 atom stereocenters. The van der Waals surface area contributed by atoms with E-state index in [2.05, 4.69) is 4.43 Å². The van der Waals surface area contributed by atoms with E-state index in [4.69, 9.17) is 17.5 Å². The molecule has 0 saturated carbocycles. The second-order valence-electron chi connectivity index (χ2n) is 0.448. The summed E-state index contributed by atoms with van der Waals surface area (Å²) < 4.78 is 33.8. The summed E-state index contributed by atoms with van der Waals surface area (Å²) in [6.07, 6.45) is 0. The van der Waals surface area contributed by atoms with Gasteiger partial charge in [-0.2, -0.15) is 8.42 Å². The summed E-state index contributed by atoms with van der Waals surface area (Å²) in [6.45, 7) is 0. The van der Waals surface area contributed by atoms with Gasteiger partial charge in [-0.25, -0.2) is 0 Å². The van der Waals surface area contributed by atoms with Crippen LogP contribution in [0.1, 0.15) is 0 Å². The number of rotatable bonds is 0. The van der Waals surface area contributed by atoms with Gasteiger partial charge in [-0.05, 0) is 0 Å². The Hall–Kier alpha value is 0.805. The van der Waals surface area contributed by atoms with Crippen LogP contribution in [-0.4, -0.2) is 17.5 Å². The van der Waals surface area contributed by atoms with Crippen LogP contribution >= 0.6 is 0 Å². The SMILES string of the molecule is O=S(=O)(O)O.[CH3][Hg]. The summed E-state index contributed by atoms with van der Waals surface area (Å²) >= 11 is 1.03. The first-order chi connectivity index (χ1) is 3.00. The van der Waals surface area contributed by atoms with E-state index in [0.717, 1.165) is 26.1 Å². The fourth-order valence-electron chi connectivity index (χ4n) is 0. The van der Waals surface area contributed by atoms with E-state index in [-0.39, 0.29) is 0 Å². The van der Waals surface area contributed by atoms with Crippen molar-refractivity contribution in [3.05, 3.63) is 0 Å². The van der Waals surface area contributed by atoms with E-state index in [1.54, 1.807) is 0 Å². The minimum atomic E-state index is -4.67. The first kappa shape index (κ1) is 10.7. The van der Waals surface area contributed by atoms with Gasteiger partial charge in [0.05, 0.1) is 0 Å². The Kier molecular flexibility index (Phi) is 7.59. The average molecular weight is 314 g/mol. The zero-order chi connectivity index (χ0) is 6.50. The molecule has 4 nitrogen and oxygen atoms in total. The van der Waals surface area contributed by atoms with Gasteiger partial charge in [0.1, 0.15) is 0 Å². The summed E-state index contributed by atoms with van der Waals surface area (Å²) in [6, 6.07) is 0. The third kappa shape index (κ3) is 242. The van der Waals surface area contributed by atoms with Gasteiger partial charge in [0.2, 0.25) is 0 Å². The van der Waals surface area contributed by atoms with Gasteiger partial charge in [0.15, 0.2) is 0 Å². The minimum absolute atomic E-state index is 1.03. The summed E-state index contributed by atoms with van der Waals surface area (Å²) in [5.74, 6) is 0. The van der Waals surface area contributed by atoms with Crippen molar-refractivity contribution in [3.63, 3.8) is 0 Å². The van der Waals surface area contributed by atoms with Gasteiger partial charge < -0.3 is 0 Å². The van der Waals surface area contributed by atoms with Crippen molar-refractivity contribution < 1.29 is 43.6 Å². The van der Waals surface area contributed by atoms with Crippen LogP contribution in [0.15, 0.2) is 0 Å². The molecule has 0 rings (SSSR count). The molecule has 0 radical (unpaired) electrons. The maximum atomic E-state index is 8.74. The molecule has 0 fully saturated rings. The van der Waals surface area contributed by atoms with E-state index in [0.29, 0.717) is 0 Å². The van der Waals surface area contributed by atoms with Crippen molar-refractivity contribution in [2.45, 2.75) is 4.43 Å². The van der Waals surface area contributed by atoms with Crippen LogP contribution in [0.5, 0.6) is 0 Å². The molecule has 0 aliphatic rings. The molecule has 7 heavy (non-hydrogen) atoms. The van der Waals surface area contributed by atoms with Crippen LogP contribution in [0.2, 0.25) is 4.43 Å². The Balaban J connectivity index is 0. The molecule has 0 spiro atoms. The molecule has 41 valence electrons. The average Bonchev–Trinajstić information content (AvgIpc) is 1.36. The van der Waals surface area contributed by atoms with Crippen LogP contribution in [0.4, 0.5) is 0 Å². The third-order valence-electron chi connectivity index (χ3n) is 0. The molecule has 2 N–H and O–H groups in total. The third-order valence-corrected chi connectivity index (χ3v) is 0. The molecular weight excluding hydrogens is 309 g/mol. The van der Waals surface area contributed by atoms with Crippen LogP contribution in [-0.2, 0) is 36.5 Å². The molecule has 0 aromatic carbocycles. The fourth-order valence-corrected chi connectivity index (χ4v) is 0. The Labute approximate surface area is 58.5 Å². The van der Waals surface area contributed by atoms with E-state index in [1.807, 2.05) is 0 Å². The molecule has 0 saturated heterocycles. The zero-order valence-electron chi connectivity index (χ0n) is 3.83. The van der Waals surface area contributed by atoms with E-state index in [9.17, 15) is 0 Å². The molecule has 6 heteroatoms. The first-order valence-corrected chi connectivity index (χ1v) is 8.30.